The molecule has 0 radical (unpaired) electrons. The van der Waals surface area contributed by atoms with Gasteiger partial charge in [0, 0.05) is 16.7 Å². The standard InChI is InChI=1S/C22H29FO5/c1-11-6-14-13-8-16(23)15-7-12(25)4-5-20(15,2)19(13)17(26)9-21(14,3)22(11,28)18(27)10-24/h4-5,7,11,13-14,16-17,19,24,26,28H,6,8-10H2,1-3H3/t11-,13-,14-,16+,17+,19+,20+,21+,22-/m1/s1. The number of rotatable bonds is 2. The molecule has 4 aliphatic carbocycles. The maximum atomic E-state index is 15.2. The number of carbonyl (C=O) groups excluding carboxylic acids is 2. The lowest BCUT2D eigenvalue weighted by atomic mass is 9.46. The van der Waals surface area contributed by atoms with Gasteiger partial charge in [0.15, 0.2) is 11.6 Å². The third-order valence-electron chi connectivity index (χ3n) is 8.63. The van der Waals surface area contributed by atoms with Gasteiger partial charge in [-0.2, -0.15) is 0 Å². The van der Waals surface area contributed by atoms with Gasteiger partial charge in [0.2, 0.25) is 0 Å². The first-order chi connectivity index (χ1) is 13.0. The summed E-state index contributed by atoms with van der Waals surface area (Å²) in [6.45, 7) is 4.71. The molecule has 0 unspecified atom stereocenters. The number of carbonyl (C=O) groups is 2. The van der Waals surface area contributed by atoms with E-state index in [9.17, 15) is 24.9 Å². The summed E-state index contributed by atoms with van der Waals surface area (Å²) in [6, 6.07) is 0. The van der Waals surface area contributed by atoms with Crippen molar-refractivity contribution in [2.45, 2.75) is 57.9 Å². The molecule has 154 valence electrons. The van der Waals surface area contributed by atoms with Gasteiger partial charge in [-0.15, -0.1) is 0 Å². The lowest BCUT2D eigenvalue weighted by Gasteiger charge is -2.60. The summed E-state index contributed by atoms with van der Waals surface area (Å²) in [4.78, 5) is 24.4. The maximum Gasteiger partial charge on any atom is 0.190 e. The van der Waals surface area contributed by atoms with Crippen LogP contribution >= 0.6 is 0 Å². The van der Waals surface area contributed by atoms with E-state index < -0.39 is 41.1 Å². The first kappa shape index (κ1) is 19.9. The van der Waals surface area contributed by atoms with Crippen LogP contribution < -0.4 is 0 Å². The number of hydrogen-bond donors (Lipinski definition) is 3. The van der Waals surface area contributed by atoms with Crippen molar-refractivity contribution in [3.8, 4) is 0 Å². The van der Waals surface area contributed by atoms with E-state index in [2.05, 4.69) is 0 Å². The summed E-state index contributed by atoms with van der Waals surface area (Å²) in [6.07, 6.45) is 3.29. The van der Waals surface area contributed by atoms with Crippen LogP contribution in [0.3, 0.4) is 0 Å². The molecule has 3 fully saturated rings. The second-order valence-electron chi connectivity index (χ2n) is 9.79. The Kier molecular flexibility index (Phi) is 4.32. The highest BCUT2D eigenvalue weighted by Crippen LogP contribution is 2.68. The average molecular weight is 392 g/mol. The molecule has 0 bridgehead atoms. The monoisotopic (exact) mass is 392 g/mol. The number of Topliss-reactive ketones (excluding diaryl/α,β-unsaturated/α-hetero) is 1. The van der Waals surface area contributed by atoms with E-state index in [1.165, 1.54) is 12.2 Å². The summed E-state index contributed by atoms with van der Waals surface area (Å²) in [5.74, 6) is -1.92. The minimum atomic E-state index is -1.74. The van der Waals surface area contributed by atoms with Crippen LogP contribution in [0.1, 0.15) is 40.0 Å². The van der Waals surface area contributed by atoms with Crippen LogP contribution in [0.25, 0.3) is 0 Å². The van der Waals surface area contributed by atoms with Gasteiger partial charge in [-0.1, -0.05) is 26.8 Å². The Bertz CT molecular complexity index is 790. The predicted molar refractivity (Wildman–Crippen MR) is 99.9 cm³/mol. The number of alkyl halides is 1. The fourth-order valence-electron chi connectivity index (χ4n) is 7.38. The fraction of sp³-hybridized carbons (Fsp3) is 0.727. The summed E-state index contributed by atoms with van der Waals surface area (Å²) >= 11 is 0. The minimum Gasteiger partial charge on any atom is -0.393 e. The van der Waals surface area contributed by atoms with E-state index in [1.54, 1.807) is 19.9 Å². The van der Waals surface area contributed by atoms with Gasteiger partial charge in [-0.25, -0.2) is 4.39 Å². The number of ketones is 2. The molecule has 0 aromatic carbocycles. The molecule has 0 aromatic rings. The van der Waals surface area contributed by atoms with E-state index in [4.69, 9.17) is 0 Å². The molecule has 4 aliphatic rings. The Balaban J connectivity index is 1.81. The summed E-state index contributed by atoms with van der Waals surface area (Å²) in [7, 11) is 0. The van der Waals surface area contributed by atoms with Gasteiger partial charge >= 0.3 is 0 Å². The van der Waals surface area contributed by atoms with Crippen molar-refractivity contribution in [2.75, 3.05) is 6.61 Å². The van der Waals surface area contributed by atoms with Gasteiger partial charge in [-0.3, -0.25) is 9.59 Å². The highest BCUT2D eigenvalue weighted by molar-refractivity contribution is 6.01. The number of halogens is 1. The summed E-state index contributed by atoms with van der Waals surface area (Å²) in [5.41, 5.74) is -3.00. The highest BCUT2D eigenvalue weighted by atomic mass is 19.1. The molecule has 28 heavy (non-hydrogen) atoms. The molecule has 0 spiro atoms. The van der Waals surface area contributed by atoms with Crippen molar-refractivity contribution in [1.82, 2.24) is 0 Å². The van der Waals surface area contributed by atoms with Crippen molar-refractivity contribution >= 4 is 11.6 Å². The SMILES string of the molecule is C[C@@H]1C[C@@H]2[C@H]3C[C@H](F)C4=CC(=O)C=C[C@]4(C)[C@@H]3[C@@H](O)C[C@]2(C)[C@]1(O)C(=O)CO. The molecule has 6 heteroatoms. The molecule has 0 heterocycles. The second-order valence-corrected chi connectivity index (χ2v) is 9.79. The van der Waals surface area contributed by atoms with E-state index >= 15 is 4.39 Å². The van der Waals surface area contributed by atoms with Crippen LogP contribution in [0.15, 0.2) is 23.8 Å². The van der Waals surface area contributed by atoms with Crippen LogP contribution in [0, 0.1) is 34.5 Å². The van der Waals surface area contributed by atoms with Gasteiger partial charge in [0.05, 0.1) is 6.10 Å². The Hall–Kier alpha value is -1.37. The van der Waals surface area contributed by atoms with E-state index in [0.29, 0.717) is 12.0 Å². The van der Waals surface area contributed by atoms with Crippen molar-refractivity contribution in [3.63, 3.8) is 0 Å². The minimum absolute atomic E-state index is 0.154. The zero-order valence-corrected chi connectivity index (χ0v) is 16.6. The Morgan fingerprint density at radius 2 is 2.00 bits per heavy atom. The lowest BCUT2D eigenvalue weighted by Crippen LogP contribution is -2.63. The quantitative estimate of drug-likeness (QED) is 0.666. The molecule has 0 saturated heterocycles. The molecule has 0 amide bonds. The number of aliphatic hydroxyl groups excluding tert-OH is 2. The number of fused-ring (bicyclic) bond motifs is 5. The largest absolute Gasteiger partial charge is 0.393 e. The van der Waals surface area contributed by atoms with Crippen LogP contribution in [0.2, 0.25) is 0 Å². The van der Waals surface area contributed by atoms with Crippen molar-refractivity contribution in [2.24, 2.45) is 34.5 Å². The zero-order valence-electron chi connectivity index (χ0n) is 16.6. The molecule has 5 nitrogen and oxygen atoms in total. The zero-order chi connectivity index (χ0) is 20.6. The fourth-order valence-corrected chi connectivity index (χ4v) is 7.38. The van der Waals surface area contributed by atoms with Crippen LogP contribution in [0.5, 0.6) is 0 Å². The second kappa shape index (κ2) is 6.07. The van der Waals surface area contributed by atoms with Crippen molar-refractivity contribution < 1.29 is 29.3 Å². The van der Waals surface area contributed by atoms with Gasteiger partial charge in [-0.05, 0) is 54.7 Å². The Labute approximate surface area is 164 Å². The van der Waals surface area contributed by atoms with E-state index in [-0.39, 0.29) is 42.3 Å². The average Bonchev–Trinajstić information content (AvgIpc) is 2.83. The van der Waals surface area contributed by atoms with Gasteiger partial charge in [0.1, 0.15) is 18.4 Å². The smallest absolute Gasteiger partial charge is 0.190 e. The third-order valence-corrected chi connectivity index (χ3v) is 8.63. The number of aliphatic hydroxyl groups is 3. The summed E-state index contributed by atoms with van der Waals surface area (Å²) < 4.78 is 15.2. The first-order valence-corrected chi connectivity index (χ1v) is 10.1. The van der Waals surface area contributed by atoms with Gasteiger partial charge in [0.25, 0.3) is 0 Å². The number of allylic oxidation sites excluding steroid dienone is 4. The number of hydrogen-bond acceptors (Lipinski definition) is 5. The van der Waals surface area contributed by atoms with Gasteiger partial charge < -0.3 is 15.3 Å². The molecular formula is C22H29FO5. The van der Waals surface area contributed by atoms with Crippen LogP contribution in [-0.2, 0) is 9.59 Å². The third kappa shape index (κ3) is 2.22. The van der Waals surface area contributed by atoms with E-state index in [1.807, 2.05) is 6.92 Å². The van der Waals surface area contributed by atoms with Crippen LogP contribution in [0.4, 0.5) is 4.39 Å². The van der Waals surface area contributed by atoms with E-state index in [0.717, 1.165) is 0 Å². The molecule has 0 aromatic heterocycles. The maximum absolute atomic E-state index is 15.2. The van der Waals surface area contributed by atoms with Crippen LogP contribution in [-0.4, -0.2) is 51.4 Å². The molecule has 3 saturated carbocycles. The Morgan fingerprint density at radius 3 is 2.64 bits per heavy atom. The Morgan fingerprint density at radius 1 is 1.32 bits per heavy atom. The van der Waals surface area contributed by atoms with Crippen molar-refractivity contribution in [1.29, 1.82) is 0 Å². The van der Waals surface area contributed by atoms with Crippen molar-refractivity contribution in [3.05, 3.63) is 23.8 Å². The normalized spacial score (nSPS) is 52.5. The molecule has 4 rings (SSSR count). The summed E-state index contributed by atoms with van der Waals surface area (Å²) in [5, 5.41) is 32.1. The predicted octanol–water partition coefficient (Wildman–Crippen LogP) is 1.75. The first-order valence-electron chi connectivity index (χ1n) is 10.1. The topological polar surface area (TPSA) is 94.8 Å². The molecule has 3 N–H and O–H groups in total. The molecule has 0 aliphatic heterocycles. The lowest BCUT2D eigenvalue weighted by molar-refractivity contribution is -0.185. The molecular weight excluding hydrogens is 363 g/mol. The molecule has 9 atom stereocenters. The highest BCUT2D eigenvalue weighted by Gasteiger charge is 2.71.